The number of carbonyl (C=O) groups is 1. The van der Waals surface area contributed by atoms with Gasteiger partial charge in [0, 0.05) is 22.3 Å². The van der Waals surface area contributed by atoms with E-state index in [4.69, 9.17) is 11.6 Å². The van der Waals surface area contributed by atoms with Gasteiger partial charge in [0.2, 0.25) is 0 Å². The van der Waals surface area contributed by atoms with Crippen molar-refractivity contribution < 1.29 is 4.79 Å². The number of thiophene rings is 1. The smallest absolute Gasteiger partial charge is 0.267 e. The number of carbonyl (C=O) groups excluding carboxylic acids is 1. The van der Waals surface area contributed by atoms with E-state index in [1.807, 2.05) is 48.5 Å². The summed E-state index contributed by atoms with van der Waals surface area (Å²) < 4.78 is 1.34. The molecular formula is C22H13ClN2OS. The average molecular weight is 389 g/mol. The fraction of sp³-hybridized carbons (Fsp3) is 0. The lowest BCUT2D eigenvalue weighted by atomic mass is 10.2. The second-order valence-electron chi connectivity index (χ2n) is 5.74. The number of nitrogens with zero attached hydrogens (tertiary/aromatic N) is 2. The van der Waals surface area contributed by atoms with Gasteiger partial charge in [0.05, 0.1) is 9.75 Å². The molecule has 0 saturated heterocycles. The van der Waals surface area contributed by atoms with Gasteiger partial charge in [0.15, 0.2) is 0 Å². The molecule has 0 atom stereocenters. The predicted molar refractivity (Wildman–Crippen MR) is 109 cm³/mol. The van der Waals surface area contributed by atoms with E-state index in [-0.39, 0.29) is 5.91 Å². The first-order valence-electron chi connectivity index (χ1n) is 8.22. The monoisotopic (exact) mass is 388 g/mol. The SMILES string of the molecule is O=C(c1ccc(Cl)cc1)n1ccc(-c2ccc(C#Cc3ccccc3)s2)n1. The third-order valence-corrected chi connectivity index (χ3v) is 5.13. The van der Waals surface area contributed by atoms with E-state index in [1.165, 1.54) is 4.68 Å². The van der Waals surface area contributed by atoms with Crippen LogP contribution in [0.4, 0.5) is 0 Å². The first-order chi connectivity index (χ1) is 13.2. The van der Waals surface area contributed by atoms with Crippen LogP contribution in [0.5, 0.6) is 0 Å². The highest BCUT2D eigenvalue weighted by Gasteiger charge is 2.12. The molecule has 3 nitrogen and oxygen atoms in total. The molecule has 0 spiro atoms. The van der Waals surface area contributed by atoms with Gasteiger partial charge in [-0.05, 0) is 54.6 Å². The van der Waals surface area contributed by atoms with Crippen molar-refractivity contribution in [2.45, 2.75) is 0 Å². The molecule has 0 unspecified atom stereocenters. The van der Waals surface area contributed by atoms with Crippen molar-refractivity contribution in [3.8, 4) is 22.4 Å². The maximum atomic E-state index is 12.5. The summed E-state index contributed by atoms with van der Waals surface area (Å²) in [5.74, 6) is 6.12. The van der Waals surface area contributed by atoms with Crippen molar-refractivity contribution in [3.05, 3.63) is 100 Å². The molecule has 0 bridgehead atoms. The number of hydrogen-bond donors (Lipinski definition) is 0. The minimum absolute atomic E-state index is 0.196. The van der Waals surface area contributed by atoms with E-state index < -0.39 is 0 Å². The summed E-state index contributed by atoms with van der Waals surface area (Å²) in [5.41, 5.74) is 2.26. The predicted octanol–water partition coefficient (Wildman–Crippen LogP) is 5.35. The molecule has 0 N–H and O–H groups in total. The zero-order chi connectivity index (χ0) is 18.6. The summed E-state index contributed by atoms with van der Waals surface area (Å²) in [5, 5.41) is 5.00. The Morgan fingerprint density at radius 3 is 2.48 bits per heavy atom. The van der Waals surface area contributed by atoms with Crippen molar-refractivity contribution in [2.24, 2.45) is 0 Å². The highest BCUT2D eigenvalue weighted by atomic mass is 35.5. The Bertz CT molecular complexity index is 1150. The molecule has 0 radical (unpaired) electrons. The summed E-state index contributed by atoms with van der Waals surface area (Å²) in [6.07, 6.45) is 1.67. The molecule has 2 aromatic carbocycles. The Morgan fingerprint density at radius 2 is 1.70 bits per heavy atom. The number of rotatable bonds is 2. The van der Waals surface area contributed by atoms with E-state index in [2.05, 4.69) is 16.9 Å². The molecule has 0 fully saturated rings. The van der Waals surface area contributed by atoms with Crippen molar-refractivity contribution >= 4 is 28.8 Å². The van der Waals surface area contributed by atoms with Gasteiger partial charge in [-0.15, -0.1) is 11.3 Å². The Kier molecular flexibility index (Phi) is 4.88. The fourth-order valence-electron chi connectivity index (χ4n) is 2.49. The number of halogens is 1. The highest BCUT2D eigenvalue weighted by molar-refractivity contribution is 7.16. The van der Waals surface area contributed by atoms with Crippen LogP contribution in [0.3, 0.4) is 0 Å². The van der Waals surface area contributed by atoms with Gasteiger partial charge in [-0.2, -0.15) is 5.10 Å². The van der Waals surface area contributed by atoms with Crippen LogP contribution in [0.25, 0.3) is 10.6 Å². The summed E-state index contributed by atoms with van der Waals surface area (Å²) in [6, 6.07) is 22.4. The van der Waals surface area contributed by atoms with Gasteiger partial charge in [-0.1, -0.05) is 41.6 Å². The standard InChI is InChI=1S/C22H13ClN2OS/c23-18-9-7-17(8-10-18)22(26)25-15-14-20(24-25)21-13-12-19(27-21)11-6-16-4-2-1-3-5-16/h1-5,7-10,12-15H. The molecule has 0 aliphatic heterocycles. The molecule has 0 aliphatic rings. The lowest BCUT2D eigenvalue weighted by Gasteiger charge is -2.00. The lowest BCUT2D eigenvalue weighted by Crippen LogP contribution is -2.12. The van der Waals surface area contributed by atoms with E-state index in [1.54, 1.807) is 41.8 Å². The molecule has 27 heavy (non-hydrogen) atoms. The van der Waals surface area contributed by atoms with Crippen LogP contribution in [-0.2, 0) is 0 Å². The van der Waals surface area contributed by atoms with E-state index in [9.17, 15) is 4.79 Å². The van der Waals surface area contributed by atoms with Crippen LogP contribution >= 0.6 is 22.9 Å². The zero-order valence-electron chi connectivity index (χ0n) is 14.1. The fourth-order valence-corrected chi connectivity index (χ4v) is 3.44. The van der Waals surface area contributed by atoms with Crippen molar-refractivity contribution in [1.82, 2.24) is 9.78 Å². The van der Waals surface area contributed by atoms with E-state index >= 15 is 0 Å². The third-order valence-electron chi connectivity index (χ3n) is 3.85. The van der Waals surface area contributed by atoms with E-state index in [0.717, 1.165) is 21.0 Å². The second-order valence-corrected chi connectivity index (χ2v) is 7.26. The zero-order valence-corrected chi connectivity index (χ0v) is 15.7. The molecule has 2 aromatic heterocycles. The third kappa shape index (κ3) is 4.01. The molecule has 5 heteroatoms. The van der Waals surface area contributed by atoms with E-state index in [0.29, 0.717) is 10.6 Å². The molecule has 0 saturated carbocycles. The maximum absolute atomic E-state index is 12.5. The quantitative estimate of drug-likeness (QED) is 0.434. The molecule has 2 heterocycles. The van der Waals surface area contributed by atoms with Crippen LogP contribution in [0.1, 0.15) is 20.8 Å². The summed E-state index contributed by atoms with van der Waals surface area (Å²) in [6.45, 7) is 0. The largest absolute Gasteiger partial charge is 0.278 e. The normalized spacial score (nSPS) is 10.3. The first-order valence-corrected chi connectivity index (χ1v) is 9.42. The summed E-state index contributed by atoms with van der Waals surface area (Å²) in [4.78, 5) is 14.4. The van der Waals surface area contributed by atoms with Crippen molar-refractivity contribution in [2.75, 3.05) is 0 Å². The van der Waals surface area contributed by atoms with Gasteiger partial charge < -0.3 is 0 Å². The Labute approximate surface area is 165 Å². The lowest BCUT2D eigenvalue weighted by molar-refractivity contribution is 0.0945. The summed E-state index contributed by atoms with van der Waals surface area (Å²) >= 11 is 7.42. The van der Waals surface area contributed by atoms with Crippen LogP contribution < -0.4 is 0 Å². The van der Waals surface area contributed by atoms with Gasteiger partial charge in [-0.25, -0.2) is 4.68 Å². The second kappa shape index (κ2) is 7.63. The van der Waals surface area contributed by atoms with Crippen LogP contribution in [0.15, 0.2) is 79.0 Å². The average Bonchev–Trinajstić information content (AvgIpc) is 3.37. The van der Waals surface area contributed by atoms with Gasteiger partial charge in [0.1, 0.15) is 5.69 Å². The van der Waals surface area contributed by atoms with Crippen molar-refractivity contribution in [1.29, 1.82) is 0 Å². The number of benzene rings is 2. The van der Waals surface area contributed by atoms with Gasteiger partial charge in [-0.3, -0.25) is 4.79 Å². The molecule has 0 aliphatic carbocycles. The molecule has 4 aromatic rings. The minimum atomic E-state index is -0.196. The molecule has 0 amide bonds. The Morgan fingerprint density at radius 1 is 0.926 bits per heavy atom. The van der Waals surface area contributed by atoms with Crippen molar-refractivity contribution in [3.63, 3.8) is 0 Å². The summed E-state index contributed by atoms with van der Waals surface area (Å²) in [7, 11) is 0. The highest BCUT2D eigenvalue weighted by Crippen LogP contribution is 2.26. The first kappa shape index (κ1) is 17.3. The van der Waals surface area contributed by atoms with Gasteiger partial charge >= 0.3 is 0 Å². The topological polar surface area (TPSA) is 34.9 Å². The molecular weight excluding hydrogens is 376 g/mol. The molecule has 130 valence electrons. The Hall–Kier alpha value is -3.13. The number of aromatic nitrogens is 2. The molecule has 4 rings (SSSR count). The maximum Gasteiger partial charge on any atom is 0.278 e. The number of hydrogen-bond acceptors (Lipinski definition) is 3. The minimum Gasteiger partial charge on any atom is -0.267 e. The van der Waals surface area contributed by atoms with Crippen LogP contribution in [0.2, 0.25) is 5.02 Å². The van der Waals surface area contributed by atoms with Gasteiger partial charge in [0.25, 0.3) is 5.91 Å². The van der Waals surface area contributed by atoms with Crippen LogP contribution in [-0.4, -0.2) is 15.7 Å². The van der Waals surface area contributed by atoms with Crippen LogP contribution in [0, 0.1) is 11.8 Å². The Balaban J connectivity index is 1.54.